The Kier molecular flexibility index (Phi) is 4.34. The molecule has 0 saturated heterocycles. The van der Waals surface area contributed by atoms with Crippen LogP contribution in [0.15, 0.2) is 0 Å². The number of carbonyl (C=O) groups excluding carboxylic acids is 1. The van der Waals surface area contributed by atoms with Crippen LogP contribution in [0.25, 0.3) is 0 Å². The van der Waals surface area contributed by atoms with E-state index in [1.807, 2.05) is 0 Å². The second kappa shape index (κ2) is 4.50. The highest BCUT2D eigenvalue weighted by atomic mass is 16.5. The van der Waals surface area contributed by atoms with E-state index in [1.54, 1.807) is 7.11 Å². The second-order valence-electron chi connectivity index (χ2n) is 3.92. The molecule has 0 rings (SSSR count). The minimum absolute atomic E-state index is 0.164. The van der Waals surface area contributed by atoms with E-state index in [1.165, 1.54) is 0 Å². The first-order valence-electron chi connectivity index (χ1n) is 3.95. The summed E-state index contributed by atoms with van der Waals surface area (Å²) in [4.78, 5) is 10.3. The maximum Gasteiger partial charge on any atom is 0.120 e. The molecule has 0 N–H and O–H groups in total. The first kappa shape index (κ1) is 10.6. The molecule has 2 nitrogen and oxygen atoms in total. The van der Waals surface area contributed by atoms with Crippen LogP contribution in [0.2, 0.25) is 0 Å². The van der Waals surface area contributed by atoms with E-state index >= 15 is 0 Å². The molecule has 0 fully saturated rings. The van der Waals surface area contributed by atoms with Gasteiger partial charge in [0, 0.05) is 20.1 Å². The van der Waals surface area contributed by atoms with E-state index in [9.17, 15) is 4.79 Å². The lowest BCUT2D eigenvalue weighted by Crippen LogP contribution is -2.25. The lowest BCUT2D eigenvalue weighted by molar-refractivity contribution is -0.110. The summed E-state index contributed by atoms with van der Waals surface area (Å²) >= 11 is 0. The average molecular weight is 158 g/mol. The van der Waals surface area contributed by atoms with Gasteiger partial charge in [-0.1, -0.05) is 20.8 Å². The number of carbonyl (C=O) groups is 1. The first-order valence-corrected chi connectivity index (χ1v) is 3.95. The molecule has 0 spiro atoms. The number of hydrogen-bond acceptors (Lipinski definition) is 2. The molecule has 0 radical (unpaired) electrons. The van der Waals surface area contributed by atoms with E-state index in [-0.39, 0.29) is 5.41 Å². The van der Waals surface area contributed by atoms with Gasteiger partial charge in [0.05, 0.1) is 0 Å². The summed E-state index contributed by atoms with van der Waals surface area (Å²) < 4.78 is 5.02. The van der Waals surface area contributed by atoms with E-state index in [2.05, 4.69) is 20.8 Å². The zero-order chi connectivity index (χ0) is 8.91. The summed E-state index contributed by atoms with van der Waals surface area (Å²) in [6.07, 6.45) is 1.56. The lowest BCUT2D eigenvalue weighted by Gasteiger charge is -2.28. The molecular formula is C9H18O2. The topological polar surface area (TPSA) is 26.3 Å². The first-order chi connectivity index (χ1) is 5.02. The van der Waals surface area contributed by atoms with E-state index in [0.717, 1.165) is 6.29 Å². The SMILES string of the molecule is COCC(CC=O)C(C)(C)C. The molecular weight excluding hydrogens is 140 g/mol. The molecule has 0 aliphatic rings. The molecule has 0 heterocycles. The van der Waals surface area contributed by atoms with Crippen LogP contribution in [-0.4, -0.2) is 20.0 Å². The van der Waals surface area contributed by atoms with Crippen LogP contribution in [-0.2, 0) is 9.53 Å². The van der Waals surface area contributed by atoms with Crippen molar-refractivity contribution >= 4 is 6.29 Å². The third-order valence-corrected chi connectivity index (χ3v) is 1.97. The maximum absolute atomic E-state index is 10.3. The van der Waals surface area contributed by atoms with Gasteiger partial charge in [-0.05, 0) is 11.3 Å². The number of aldehydes is 1. The van der Waals surface area contributed by atoms with Crippen LogP contribution in [0.3, 0.4) is 0 Å². The predicted molar refractivity (Wildman–Crippen MR) is 45.5 cm³/mol. The number of hydrogen-bond donors (Lipinski definition) is 0. The highest BCUT2D eigenvalue weighted by Gasteiger charge is 2.23. The Balaban J connectivity index is 3.97. The summed E-state index contributed by atoms with van der Waals surface area (Å²) in [5.74, 6) is 0.338. The summed E-state index contributed by atoms with van der Waals surface area (Å²) in [7, 11) is 1.67. The van der Waals surface area contributed by atoms with E-state index < -0.39 is 0 Å². The molecule has 0 saturated carbocycles. The molecule has 1 unspecified atom stereocenters. The molecule has 66 valence electrons. The molecule has 0 aromatic rings. The second-order valence-corrected chi connectivity index (χ2v) is 3.92. The summed E-state index contributed by atoms with van der Waals surface area (Å²) in [6.45, 7) is 7.04. The fourth-order valence-corrected chi connectivity index (χ4v) is 0.989. The van der Waals surface area contributed by atoms with E-state index in [0.29, 0.717) is 18.9 Å². The Labute approximate surface area is 68.9 Å². The van der Waals surface area contributed by atoms with Gasteiger partial charge in [0.2, 0.25) is 0 Å². The molecule has 2 heteroatoms. The normalized spacial score (nSPS) is 14.5. The van der Waals surface area contributed by atoms with E-state index in [4.69, 9.17) is 4.74 Å². The minimum Gasteiger partial charge on any atom is -0.384 e. The largest absolute Gasteiger partial charge is 0.384 e. The van der Waals surface area contributed by atoms with Gasteiger partial charge in [-0.3, -0.25) is 0 Å². The molecule has 0 aromatic heterocycles. The maximum atomic E-state index is 10.3. The summed E-state index contributed by atoms with van der Waals surface area (Å²) in [5.41, 5.74) is 0.164. The Bertz CT molecular complexity index is 113. The quantitative estimate of drug-likeness (QED) is 0.584. The van der Waals surface area contributed by atoms with Gasteiger partial charge in [-0.2, -0.15) is 0 Å². The summed E-state index contributed by atoms with van der Waals surface area (Å²) in [6, 6.07) is 0. The standard InChI is InChI=1S/C9H18O2/c1-9(2,3)8(5-6-10)7-11-4/h6,8H,5,7H2,1-4H3. The lowest BCUT2D eigenvalue weighted by atomic mass is 9.79. The Morgan fingerprint density at radius 3 is 2.27 bits per heavy atom. The zero-order valence-corrected chi connectivity index (χ0v) is 7.89. The molecule has 11 heavy (non-hydrogen) atoms. The van der Waals surface area contributed by atoms with Crippen LogP contribution in [0, 0.1) is 11.3 Å². The third kappa shape index (κ3) is 4.14. The number of ether oxygens (including phenoxy) is 1. The van der Waals surface area contributed by atoms with Crippen molar-refractivity contribution < 1.29 is 9.53 Å². The van der Waals surface area contributed by atoms with Crippen molar-refractivity contribution in [3.05, 3.63) is 0 Å². The fourth-order valence-electron chi connectivity index (χ4n) is 0.989. The monoisotopic (exact) mass is 158 g/mol. The van der Waals surface area contributed by atoms with Crippen LogP contribution >= 0.6 is 0 Å². The number of rotatable bonds is 4. The van der Waals surface area contributed by atoms with Gasteiger partial charge < -0.3 is 9.53 Å². The van der Waals surface area contributed by atoms with Crippen LogP contribution in [0.5, 0.6) is 0 Å². The highest BCUT2D eigenvalue weighted by molar-refractivity contribution is 5.49. The molecule has 0 bridgehead atoms. The van der Waals surface area contributed by atoms with Gasteiger partial charge in [-0.15, -0.1) is 0 Å². The Morgan fingerprint density at radius 2 is 2.00 bits per heavy atom. The van der Waals surface area contributed by atoms with Crippen LogP contribution in [0.1, 0.15) is 27.2 Å². The number of methoxy groups -OCH3 is 1. The van der Waals surface area contributed by atoms with Crippen LogP contribution in [0.4, 0.5) is 0 Å². The van der Waals surface area contributed by atoms with Crippen molar-refractivity contribution in [2.75, 3.05) is 13.7 Å². The van der Waals surface area contributed by atoms with Crippen molar-refractivity contribution in [2.45, 2.75) is 27.2 Å². The molecule has 0 aliphatic carbocycles. The smallest absolute Gasteiger partial charge is 0.120 e. The van der Waals surface area contributed by atoms with Gasteiger partial charge >= 0.3 is 0 Å². The zero-order valence-electron chi connectivity index (χ0n) is 7.89. The minimum atomic E-state index is 0.164. The van der Waals surface area contributed by atoms with Gasteiger partial charge in [0.15, 0.2) is 0 Å². The van der Waals surface area contributed by atoms with Crippen molar-refractivity contribution in [2.24, 2.45) is 11.3 Å². The Hall–Kier alpha value is -0.370. The van der Waals surface area contributed by atoms with Crippen molar-refractivity contribution in [3.63, 3.8) is 0 Å². The van der Waals surface area contributed by atoms with Crippen molar-refractivity contribution in [3.8, 4) is 0 Å². The third-order valence-electron chi connectivity index (χ3n) is 1.97. The predicted octanol–water partition coefficient (Wildman–Crippen LogP) is 1.88. The molecule has 0 amide bonds. The Morgan fingerprint density at radius 1 is 1.45 bits per heavy atom. The van der Waals surface area contributed by atoms with Gasteiger partial charge in [0.25, 0.3) is 0 Å². The molecule has 1 atom stereocenters. The molecule has 0 aliphatic heterocycles. The van der Waals surface area contributed by atoms with Crippen molar-refractivity contribution in [1.82, 2.24) is 0 Å². The highest BCUT2D eigenvalue weighted by Crippen LogP contribution is 2.27. The summed E-state index contributed by atoms with van der Waals surface area (Å²) in [5, 5.41) is 0. The average Bonchev–Trinajstić information content (AvgIpc) is 1.85. The fraction of sp³-hybridized carbons (Fsp3) is 0.889. The van der Waals surface area contributed by atoms with Gasteiger partial charge in [0.1, 0.15) is 6.29 Å². The van der Waals surface area contributed by atoms with Crippen LogP contribution < -0.4 is 0 Å². The van der Waals surface area contributed by atoms with Gasteiger partial charge in [-0.25, -0.2) is 0 Å². The molecule has 0 aromatic carbocycles. The van der Waals surface area contributed by atoms with Crippen molar-refractivity contribution in [1.29, 1.82) is 0 Å².